The highest BCUT2D eigenvalue weighted by Crippen LogP contribution is 2.24. The Hall–Kier alpha value is -3.27. The van der Waals surface area contributed by atoms with Crippen molar-refractivity contribution in [2.24, 2.45) is 0 Å². The molecule has 0 saturated heterocycles. The Morgan fingerprint density at radius 3 is 2.34 bits per heavy atom. The summed E-state index contributed by atoms with van der Waals surface area (Å²) in [4.78, 5) is 14.8. The molecule has 0 radical (unpaired) electrons. The van der Waals surface area contributed by atoms with Gasteiger partial charge in [0.1, 0.15) is 0 Å². The summed E-state index contributed by atoms with van der Waals surface area (Å²) in [6.07, 6.45) is 1.95. The summed E-state index contributed by atoms with van der Waals surface area (Å²) >= 11 is 0. The molecule has 0 fully saturated rings. The number of carbonyl (C=O) groups excluding carboxylic acids is 1. The third-order valence-corrected chi connectivity index (χ3v) is 5.37. The van der Waals surface area contributed by atoms with Crippen molar-refractivity contribution in [3.8, 4) is 0 Å². The van der Waals surface area contributed by atoms with E-state index in [1.807, 2.05) is 42.5 Å². The maximum Gasteiger partial charge on any atom is 0.251 e. The highest BCUT2D eigenvalue weighted by atomic mass is 16.1. The largest absolute Gasteiger partial charge is 0.385 e. The van der Waals surface area contributed by atoms with Gasteiger partial charge in [0.05, 0.1) is 0 Å². The van der Waals surface area contributed by atoms with Gasteiger partial charge in [0.25, 0.3) is 5.91 Å². The van der Waals surface area contributed by atoms with Crippen molar-refractivity contribution in [1.82, 2.24) is 5.32 Å². The number of anilines is 2. The predicted molar refractivity (Wildman–Crippen MR) is 120 cm³/mol. The molecule has 4 nitrogen and oxygen atoms in total. The molecule has 0 saturated carbocycles. The summed E-state index contributed by atoms with van der Waals surface area (Å²) in [5.41, 5.74) is 5.83. The normalized spacial score (nSPS) is 12.9. The Balaban J connectivity index is 1.24. The van der Waals surface area contributed by atoms with Gasteiger partial charge in [-0.2, -0.15) is 0 Å². The van der Waals surface area contributed by atoms with E-state index in [2.05, 4.69) is 51.9 Å². The highest BCUT2D eigenvalue weighted by Gasteiger charge is 2.16. The number of nitrogens with zero attached hydrogens (tertiary/aromatic N) is 1. The number of carbonyl (C=O) groups is 1. The minimum atomic E-state index is -0.0137. The zero-order valence-electron chi connectivity index (χ0n) is 16.6. The highest BCUT2D eigenvalue weighted by molar-refractivity contribution is 5.94. The fourth-order valence-electron chi connectivity index (χ4n) is 3.72. The molecule has 4 rings (SSSR count). The van der Waals surface area contributed by atoms with Crippen LogP contribution in [0, 0.1) is 0 Å². The van der Waals surface area contributed by atoms with Crippen LogP contribution in [0.25, 0.3) is 0 Å². The van der Waals surface area contributed by atoms with E-state index in [1.165, 1.54) is 16.8 Å². The lowest BCUT2D eigenvalue weighted by molar-refractivity contribution is 0.0953. The lowest BCUT2D eigenvalue weighted by atomic mass is 9.99. The number of hydrogen-bond acceptors (Lipinski definition) is 3. The van der Waals surface area contributed by atoms with Crippen LogP contribution in [0.15, 0.2) is 78.9 Å². The van der Waals surface area contributed by atoms with Crippen LogP contribution in [0.2, 0.25) is 0 Å². The van der Waals surface area contributed by atoms with Gasteiger partial charge in [0, 0.05) is 43.1 Å². The lowest BCUT2D eigenvalue weighted by Gasteiger charge is -2.30. The van der Waals surface area contributed by atoms with Crippen molar-refractivity contribution in [3.05, 3.63) is 95.6 Å². The summed E-state index contributed by atoms with van der Waals surface area (Å²) in [7, 11) is 0. The first-order valence-corrected chi connectivity index (χ1v) is 10.3. The summed E-state index contributed by atoms with van der Waals surface area (Å²) < 4.78 is 0. The van der Waals surface area contributed by atoms with Gasteiger partial charge in [0.15, 0.2) is 0 Å². The van der Waals surface area contributed by atoms with Crippen molar-refractivity contribution in [2.45, 2.75) is 19.4 Å². The number of amides is 1. The van der Waals surface area contributed by atoms with Crippen molar-refractivity contribution >= 4 is 17.3 Å². The number of hydrogen-bond donors (Lipinski definition) is 2. The molecule has 148 valence electrons. The number of benzene rings is 3. The molecule has 0 aliphatic carbocycles. The topological polar surface area (TPSA) is 44.4 Å². The van der Waals surface area contributed by atoms with Gasteiger partial charge in [-0.3, -0.25) is 4.79 Å². The van der Waals surface area contributed by atoms with E-state index in [0.29, 0.717) is 12.1 Å². The number of rotatable bonds is 7. The smallest absolute Gasteiger partial charge is 0.251 e. The molecular formula is C25H27N3O. The van der Waals surface area contributed by atoms with Crippen molar-refractivity contribution in [1.29, 1.82) is 0 Å². The minimum absolute atomic E-state index is 0.0137. The number of para-hydroxylation sites is 1. The Morgan fingerprint density at radius 2 is 1.55 bits per heavy atom. The van der Waals surface area contributed by atoms with Gasteiger partial charge in [0.2, 0.25) is 0 Å². The fourth-order valence-corrected chi connectivity index (χ4v) is 3.72. The van der Waals surface area contributed by atoms with Crippen LogP contribution in [0.1, 0.15) is 27.9 Å². The van der Waals surface area contributed by atoms with Crippen LogP contribution in [-0.2, 0) is 13.0 Å². The molecule has 0 unspecified atom stereocenters. The first-order chi connectivity index (χ1) is 14.3. The van der Waals surface area contributed by atoms with E-state index >= 15 is 0 Å². The van der Waals surface area contributed by atoms with Gasteiger partial charge < -0.3 is 15.5 Å². The number of nitrogens with one attached hydrogen (secondary N) is 2. The maximum absolute atomic E-state index is 12.4. The van der Waals surface area contributed by atoms with E-state index in [1.54, 1.807) is 0 Å². The van der Waals surface area contributed by atoms with Crippen LogP contribution >= 0.6 is 0 Å². The van der Waals surface area contributed by atoms with Crippen LogP contribution in [0.3, 0.4) is 0 Å². The van der Waals surface area contributed by atoms with Crippen LogP contribution in [0.5, 0.6) is 0 Å². The van der Waals surface area contributed by atoms with E-state index in [0.717, 1.165) is 38.2 Å². The average molecular weight is 386 g/mol. The summed E-state index contributed by atoms with van der Waals surface area (Å²) in [5.74, 6) is -0.0137. The van der Waals surface area contributed by atoms with E-state index < -0.39 is 0 Å². The molecule has 3 aromatic carbocycles. The molecule has 3 aromatic rings. The van der Waals surface area contributed by atoms with Gasteiger partial charge in [-0.25, -0.2) is 0 Å². The quantitative estimate of drug-likeness (QED) is 0.590. The zero-order chi connectivity index (χ0) is 19.9. The molecule has 1 amide bonds. The van der Waals surface area contributed by atoms with Crippen molar-refractivity contribution in [3.63, 3.8) is 0 Å². The SMILES string of the molecule is O=C(NCCCNc1ccccc1)c1ccc(N2CCc3ccccc3C2)cc1. The number of fused-ring (bicyclic) bond motifs is 1. The monoisotopic (exact) mass is 385 g/mol. The second kappa shape index (κ2) is 9.28. The molecule has 1 aliphatic rings. The van der Waals surface area contributed by atoms with E-state index in [-0.39, 0.29) is 5.91 Å². The molecule has 2 N–H and O–H groups in total. The first-order valence-electron chi connectivity index (χ1n) is 10.3. The van der Waals surface area contributed by atoms with Crippen LogP contribution in [0.4, 0.5) is 11.4 Å². The van der Waals surface area contributed by atoms with Gasteiger partial charge in [-0.05, 0) is 60.4 Å². The maximum atomic E-state index is 12.4. The molecule has 0 spiro atoms. The Kier molecular flexibility index (Phi) is 6.10. The third kappa shape index (κ3) is 4.96. The molecule has 1 heterocycles. The summed E-state index contributed by atoms with van der Waals surface area (Å²) in [5, 5.41) is 6.36. The Labute approximate surface area is 172 Å². The van der Waals surface area contributed by atoms with Crippen molar-refractivity contribution in [2.75, 3.05) is 29.9 Å². The van der Waals surface area contributed by atoms with Crippen LogP contribution < -0.4 is 15.5 Å². The van der Waals surface area contributed by atoms with E-state index in [4.69, 9.17) is 0 Å². The average Bonchev–Trinajstić information content (AvgIpc) is 2.79. The first kappa shape index (κ1) is 19.1. The Bertz CT molecular complexity index is 938. The molecule has 4 heteroatoms. The van der Waals surface area contributed by atoms with Crippen LogP contribution in [-0.4, -0.2) is 25.5 Å². The standard InChI is InChI=1S/C25H27N3O/c29-25(27-17-6-16-26-23-9-2-1-3-10-23)21-11-13-24(14-12-21)28-18-15-20-7-4-5-8-22(20)19-28/h1-5,7-14,26H,6,15-19H2,(H,27,29). The molecule has 29 heavy (non-hydrogen) atoms. The Morgan fingerprint density at radius 1 is 0.828 bits per heavy atom. The summed E-state index contributed by atoms with van der Waals surface area (Å²) in [6, 6.07) is 26.7. The zero-order valence-corrected chi connectivity index (χ0v) is 16.6. The van der Waals surface area contributed by atoms with Crippen molar-refractivity contribution < 1.29 is 4.79 Å². The molecule has 0 aromatic heterocycles. The molecular weight excluding hydrogens is 358 g/mol. The van der Waals surface area contributed by atoms with Gasteiger partial charge in [-0.1, -0.05) is 42.5 Å². The fraction of sp³-hybridized carbons (Fsp3) is 0.240. The van der Waals surface area contributed by atoms with Gasteiger partial charge in [-0.15, -0.1) is 0 Å². The minimum Gasteiger partial charge on any atom is -0.385 e. The third-order valence-electron chi connectivity index (χ3n) is 5.37. The van der Waals surface area contributed by atoms with Gasteiger partial charge >= 0.3 is 0 Å². The second-order valence-corrected chi connectivity index (χ2v) is 7.39. The second-order valence-electron chi connectivity index (χ2n) is 7.39. The lowest BCUT2D eigenvalue weighted by Crippen LogP contribution is -2.30. The molecule has 1 aliphatic heterocycles. The summed E-state index contributed by atoms with van der Waals surface area (Å²) in [6.45, 7) is 3.43. The van der Waals surface area contributed by atoms with E-state index in [9.17, 15) is 4.79 Å². The predicted octanol–water partition coefficient (Wildman–Crippen LogP) is 4.48. The molecule has 0 bridgehead atoms. The molecule has 0 atom stereocenters.